The first kappa shape index (κ1) is 24.4. The molecule has 7 nitrogen and oxygen atoms in total. The molecule has 2 saturated heterocycles. The first-order valence-corrected chi connectivity index (χ1v) is 13.1. The Kier molecular flexibility index (Phi) is 8.31. The maximum Gasteiger partial charge on any atom is 0.243 e. The zero-order valence-corrected chi connectivity index (χ0v) is 20.9. The van der Waals surface area contributed by atoms with Gasteiger partial charge < -0.3 is 19.9 Å². The van der Waals surface area contributed by atoms with Gasteiger partial charge in [0.1, 0.15) is 13.1 Å². The highest BCUT2D eigenvalue weighted by molar-refractivity contribution is 7.89. The summed E-state index contributed by atoms with van der Waals surface area (Å²) in [6, 6.07) is 2.06. The average molecular weight is 470 g/mol. The first-order valence-electron chi connectivity index (χ1n) is 11.2. The molecular weight excluding hydrogens is 432 g/mol. The van der Waals surface area contributed by atoms with Gasteiger partial charge in [-0.3, -0.25) is 0 Å². The summed E-state index contributed by atoms with van der Waals surface area (Å²) in [6.45, 7) is 15.7. The number of quaternary nitrogens is 1. The Morgan fingerprint density at radius 3 is 2.23 bits per heavy atom. The van der Waals surface area contributed by atoms with E-state index in [0.29, 0.717) is 31.1 Å². The second-order valence-corrected chi connectivity index (χ2v) is 10.9. The minimum Gasteiger partial charge on any atom is -0.370 e. The van der Waals surface area contributed by atoms with Gasteiger partial charge in [-0.25, -0.2) is 8.42 Å². The Balaban J connectivity index is 1.51. The van der Waals surface area contributed by atoms with E-state index < -0.39 is 10.0 Å². The standard InChI is InChI=1S/C22H36N4O3S2/c1-17-16-18(2)20(4)21(19(17)3)31(27,28)26-10-8-25(9-11-26)22(30)23-6-5-7-24-12-14-29-15-13-24/h16H,5-15H2,1-4H3,(H,23,30)/p+1. The van der Waals surface area contributed by atoms with Crippen LogP contribution in [0.4, 0.5) is 0 Å². The highest BCUT2D eigenvalue weighted by Crippen LogP contribution is 2.29. The molecule has 3 rings (SSSR count). The molecule has 0 bridgehead atoms. The van der Waals surface area contributed by atoms with Crippen molar-refractivity contribution in [1.29, 1.82) is 0 Å². The summed E-state index contributed by atoms with van der Waals surface area (Å²) in [5.41, 5.74) is 3.74. The third-order valence-electron chi connectivity index (χ3n) is 6.60. The molecule has 0 radical (unpaired) electrons. The van der Waals surface area contributed by atoms with E-state index >= 15 is 0 Å². The van der Waals surface area contributed by atoms with Gasteiger partial charge in [-0.05, 0) is 62.2 Å². The molecule has 0 amide bonds. The molecule has 0 aromatic heterocycles. The van der Waals surface area contributed by atoms with Crippen molar-refractivity contribution < 1.29 is 18.1 Å². The summed E-state index contributed by atoms with van der Waals surface area (Å²) in [7, 11) is -3.52. The minimum atomic E-state index is -3.52. The lowest BCUT2D eigenvalue weighted by atomic mass is 10.0. The normalized spacial score (nSPS) is 18.9. The molecule has 9 heteroatoms. The van der Waals surface area contributed by atoms with Gasteiger partial charge in [0.2, 0.25) is 10.0 Å². The highest BCUT2D eigenvalue weighted by Gasteiger charge is 2.32. The highest BCUT2D eigenvalue weighted by atomic mass is 32.2. The molecule has 2 aliphatic rings. The van der Waals surface area contributed by atoms with Crippen molar-refractivity contribution in [2.75, 3.05) is 65.6 Å². The third kappa shape index (κ3) is 5.76. The molecule has 0 unspecified atom stereocenters. The van der Waals surface area contributed by atoms with Crippen LogP contribution < -0.4 is 10.2 Å². The maximum atomic E-state index is 13.4. The van der Waals surface area contributed by atoms with E-state index in [0.717, 1.165) is 73.2 Å². The summed E-state index contributed by atoms with van der Waals surface area (Å²) in [5, 5.41) is 4.08. The molecule has 174 valence electrons. The molecule has 2 aliphatic heterocycles. The number of rotatable bonds is 6. The number of hydrogen-bond donors (Lipinski definition) is 2. The van der Waals surface area contributed by atoms with Crippen LogP contribution in [0.1, 0.15) is 28.7 Å². The molecule has 0 atom stereocenters. The fourth-order valence-corrected chi connectivity index (χ4v) is 6.67. The van der Waals surface area contributed by atoms with Crippen LogP contribution in [0.15, 0.2) is 11.0 Å². The second-order valence-electron chi connectivity index (χ2n) is 8.68. The van der Waals surface area contributed by atoms with E-state index in [4.69, 9.17) is 17.0 Å². The number of piperazine rings is 1. The topological polar surface area (TPSA) is 66.3 Å². The van der Waals surface area contributed by atoms with Gasteiger partial charge in [-0.2, -0.15) is 4.31 Å². The molecule has 0 aliphatic carbocycles. The number of ether oxygens (including phenoxy) is 1. The number of thiocarbonyl (C=S) groups is 1. The predicted molar refractivity (Wildman–Crippen MR) is 127 cm³/mol. The van der Waals surface area contributed by atoms with Crippen LogP contribution in [0.2, 0.25) is 0 Å². The van der Waals surface area contributed by atoms with Crippen LogP contribution in [0.25, 0.3) is 0 Å². The quantitative estimate of drug-likeness (QED) is 0.465. The van der Waals surface area contributed by atoms with Gasteiger partial charge >= 0.3 is 0 Å². The Hall–Kier alpha value is -1.26. The van der Waals surface area contributed by atoms with Crippen molar-refractivity contribution >= 4 is 27.4 Å². The smallest absolute Gasteiger partial charge is 0.243 e. The average Bonchev–Trinajstić information content (AvgIpc) is 2.76. The summed E-state index contributed by atoms with van der Waals surface area (Å²) in [6.07, 6.45) is 1.06. The molecule has 2 heterocycles. The Morgan fingerprint density at radius 2 is 1.65 bits per heavy atom. The Bertz CT molecular complexity index is 864. The zero-order chi connectivity index (χ0) is 22.6. The number of sulfonamides is 1. The second kappa shape index (κ2) is 10.6. The fraction of sp³-hybridized carbons (Fsp3) is 0.682. The molecule has 2 N–H and O–H groups in total. The van der Waals surface area contributed by atoms with Crippen molar-refractivity contribution in [3.8, 4) is 0 Å². The van der Waals surface area contributed by atoms with Crippen LogP contribution >= 0.6 is 12.2 Å². The SMILES string of the molecule is Cc1cc(C)c(C)c(S(=O)(=O)N2CCN(C(=S)NCCC[NH+]3CCOCC3)CC2)c1C. The molecule has 1 aromatic carbocycles. The zero-order valence-electron chi connectivity index (χ0n) is 19.3. The minimum absolute atomic E-state index is 0.452. The van der Waals surface area contributed by atoms with Crippen molar-refractivity contribution in [2.45, 2.75) is 39.0 Å². The van der Waals surface area contributed by atoms with Crippen molar-refractivity contribution in [3.63, 3.8) is 0 Å². The van der Waals surface area contributed by atoms with Crippen LogP contribution in [0, 0.1) is 27.7 Å². The lowest BCUT2D eigenvalue weighted by Crippen LogP contribution is -3.14. The molecule has 31 heavy (non-hydrogen) atoms. The van der Waals surface area contributed by atoms with Gasteiger partial charge in [0.05, 0.1) is 24.7 Å². The monoisotopic (exact) mass is 469 g/mol. The summed E-state index contributed by atoms with van der Waals surface area (Å²) < 4.78 is 33.8. The number of nitrogens with zero attached hydrogens (tertiary/aromatic N) is 2. The first-order chi connectivity index (χ1) is 14.7. The van der Waals surface area contributed by atoms with Crippen LogP contribution in [0.3, 0.4) is 0 Å². The summed E-state index contributed by atoms with van der Waals surface area (Å²) in [5.74, 6) is 0. The van der Waals surface area contributed by atoms with Crippen molar-refractivity contribution in [3.05, 3.63) is 28.3 Å². The molecule has 2 fully saturated rings. The predicted octanol–water partition coefficient (Wildman–Crippen LogP) is 0.406. The number of nitrogens with one attached hydrogen (secondary N) is 2. The molecule has 0 spiro atoms. The third-order valence-corrected chi connectivity index (χ3v) is 9.18. The lowest BCUT2D eigenvalue weighted by molar-refractivity contribution is -0.908. The molecule has 1 aromatic rings. The number of benzene rings is 1. The largest absolute Gasteiger partial charge is 0.370 e. The number of morpholine rings is 1. The summed E-state index contributed by atoms with van der Waals surface area (Å²) in [4.78, 5) is 4.16. The van der Waals surface area contributed by atoms with E-state index in [9.17, 15) is 8.42 Å². The lowest BCUT2D eigenvalue weighted by Gasteiger charge is -2.36. The summed E-state index contributed by atoms with van der Waals surface area (Å²) >= 11 is 5.57. The number of aryl methyl sites for hydroxylation is 2. The van der Waals surface area contributed by atoms with E-state index in [-0.39, 0.29) is 0 Å². The van der Waals surface area contributed by atoms with Crippen LogP contribution in [-0.2, 0) is 14.8 Å². The van der Waals surface area contributed by atoms with Crippen LogP contribution in [-0.4, -0.2) is 88.3 Å². The van der Waals surface area contributed by atoms with E-state index in [1.807, 2.05) is 27.7 Å². The fourth-order valence-electron chi connectivity index (χ4n) is 4.38. The number of hydrogen-bond acceptors (Lipinski definition) is 4. The van der Waals surface area contributed by atoms with Gasteiger partial charge in [0, 0.05) is 39.1 Å². The van der Waals surface area contributed by atoms with Crippen LogP contribution in [0.5, 0.6) is 0 Å². The Labute approximate surface area is 192 Å². The molecule has 0 saturated carbocycles. The maximum absolute atomic E-state index is 13.4. The van der Waals surface area contributed by atoms with Gasteiger partial charge in [-0.1, -0.05) is 6.07 Å². The molecular formula is C22H37N4O3S2+. The van der Waals surface area contributed by atoms with Gasteiger partial charge in [0.15, 0.2) is 5.11 Å². The van der Waals surface area contributed by atoms with Crippen molar-refractivity contribution in [2.24, 2.45) is 0 Å². The van der Waals surface area contributed by atoms with E-state index in [1.54, 1.807) is 9.21 Å². The van der Waals surface area contributed by atoms with E-state index in [1.165, 1.54) is 0 Å². The van der Waals surface area contributed by atoms with Gasteiger partial charge in [-0.15, -0.1) is 0 Å². The Morgan fingerprint density at radius 1 is 1.06 bits per heavy atom. The van der Waals surface area contributed by atoms with Crippen molar-refractivity contribution in [1.82, 2.24) is 14.5 Å². The van der Waals surface area contributed by atoms with Gasteiger partial charge in [0.25, 0.3) is 0 Å². The van der Waals surface area contributed by atoms with E-state index in [2.05, 4.69) is 16.3 Å².